The minimum Gasteiger partial charge on any atom is -0.295 e. The predicted molar refractivity (Wildman–Crippen MR) is 108 cm³/mol. The van der Waals surface area contributed by atoms with E-state index in [0.29, 0.717) is 32.7 Å². The normalized spacial score (nSPS) is 16.4. The van der Waals surface area contributed by atoms with Gasteiger partial charge < -0.3 is 0 Å². The van der Waals surface area contributed by atoms with Crippen molar-refractivity contribution in [3.05, 3.63) is 48.9 Å². The molecule has 1 aromatic carbocycles. The van der Waals surface area contributed by atoms with Gasteiger partial charge in [-0.05, 0) is 19.4 Å². The molecule has 3 rings (SSSR count). The second-order valence-electron chi connectivity index (χ2n) is 6.57. The summed E-state index contributed by atoms with van der Waals surface area (Å²) >= 11 is 7.67. The summed E-state index contributed by atoms with van der Waals surface area (Å²) in [6, 6.07) is 2.37. The second-order valence-corrected chi connectivity index (χ2v) is 9.86. The highest BCUT2D eigenvalue weighted by molar-refractivity contribution is 7.89. The molecule has 0 N–H and O–H groups in total. The molecule has 1 aromatic heterocycles. The first-order chi connectivity index (χ1) is 13.2. The number of aromatic nitrogens is 1. The van der Waals surface area contributed by atoms with E-state index in [4.69, 9.17) is 11.6 Å². The van der Waals surface area contributed by atoms with Gasteiger partial charge >= 0.3 is 0 Å². The quantitative estimate of drug-likeness (QED) is 0.501. The van der Waals surface area contributed by atoms with Crippen LogP contribution < -0.4 is 0 Å². The molecular formula is C17H21ClN4O4S2. The molecule has 152 valence electrons. The van der Waals surface area contributed by atoms with Crippen LogP contribution in [0.3, 0.4) is 0 Å². The van der Waals surface area contributed by atoms with E-state index in [-0.39, 0.29) is 21.2 Å². The van der Waals surface area contributed by atoms with Gasteiger partial charge in [0.05, 0.1) is 25.5 Å². The molecule has 11 heteroatoms. The molecule has 0 bridgehead atoms. The molecule has 28 heavy (non-hydrogen) atoms. The van der Waals surface area contributed by atoms with Crippen molar-refractivity contribution in [1.29, 1.82) is 0 Å². The average molecular weight is 445 g/mol. The lowest BCUT2D eigenvalue weighted by Crippen LogP contribution is -2.48. The van der Waals surface area contributed by atoms with Gasteiger partial charge in [0, 0.05) is 49.7 Å². The lowest BCUT2D eigenvalue weighted by molar-refractivity contribution is -0.385. The van der Waals surface area contributed by atoms with E-state index in [1.165, 1.54) is 17.3 Å². The first-order valence-electron chi connectivity index (χ1n) is 8.82. The fraction of sp³-hybridized carbons (Fsp3) is 0.471. The Balaban J connectivity index is 1.72. The number of nitrogens with zero attached hydrogens (tertiary/aromatic N) is 4. The lowest BCUT2D eigenvalue weighted by atomic mass is 10.2. The van der Waals surface area contributed by atoms with Crippen LogP contribution in [0.1, 0.15) is 23.2 Å². The molecule has 0 unspecified atom stereocenters. The number of nitro groups is 1. The highest BCUT2D eigenvalue weighted by atomic mass is 35.5. The maximum Gasteiger partial charge on any atom is 0.275 e. The molecule has 1 saturated heterocycles. The number of hydrogen-bond acceptors (Lipinski definition) is 7. The van der Waals surface area contributed by atoms with Gasteiger partial charge in [0.2, 0.25) is 10.0 Å². The Morgan fingerprint density at radius 3 is 2.54 bits per heavy atom. The highest BCUT2D eigenvalue weighted by Crippen LogP contribution is 2.31. The van der Waals surface area contributed by atoms with E-state index >= 15 is 0 Å². The molecule has 8 nitrogen and oxygen atoms in total. The van der Waals surface area contributed by atoms with Crippen molar-refractivity contribution in [2.45, 2.75) is 31.7 Å². The summed E-state index contributed by atoms with van der Waals surface area (Å²) in [6.07, 6.45) is 0.905. The third-order valence-electron chi connectivity index (χ3n) is 4.74. The SMILES string of the molecule is CCc1nc(CN2CCN(S(=O)(=O)c3cc(Cl)c(C)c([N+](=O)[O-])c3)CC2)cs1. The van der Waals surface area contributed by atoms with E-state index in [2.05, 4.69) is 16.8 Å². The zero-order valence-corrected chi connectivity index (χ0v) is 18.0. The van der Waals surface area contributed by atoms with E-state index in [1.54, 1.807) is 11.3 Å². The van der Waals surface area contributed by atoms with E-state index in [1.807, 2.05) is 5.38 Å². The van der Waals surface area contributed by atoms with Crippen LogP contribution in [-0.4, -0.2) is 53.7 Å². The number of benzene rings is 1. The van der Waals surface area contributed by atoms with Crippen LogP contribution >= 0.6 is 22.9 Å². The number of halogens is 1. The Bertz CT molecular complexity index is 985. The predicted octanol–water partition coefficient (Wildman–Crippen LogP) is 3.08. The minimum absolute atomic E-state index is 0.0710. The number of thiazole rings is 1. The van der Waals surface area contributed by atoms with Crippen molar-refractivity contribution >= 4 is 38.6 Å². The van der Waals surface area contributed by atoms with Gasteiger partial charge in [-0.3, -0.25) is 15.0 Å². The molecule has 0 radical (unpaired) electrons. The van der Waals surface area contributed by atoms with Crippen molar-refractivity contribution in [2.24, 2.45) is 0 Å². The van der Waals surface area contributed by atoms with Gasteiger partial charge in [0.15, 0.2) is 0 Å². The van der Waals surface area contributed by atoms with E-state index < -0.39 is 14.9 Å². The average Bonchev–Trinajstić information content (AvgIpc) is 3.11. The maximum absolute atomic E-state index is 12.9. The smallest absolute Gasteiger partial charge is 0.275 e. The number of sulfonamides is 1. The molecule has 0 saturated carbocycles. The number of nitro benzene ring substituents is 1. The van der Waals surface area contributed by atoms with Crippen LogP contribution in [0.4, 0.5) is 5.69 Å². The molecule has 0 amide bonds. The van der Waals surface area contributed by atoms with Crippen LogP contribution in [0.5, 0.6) is 0 Å². The Hall–Kier alpha value is -1.59. The molecule has 0 aliphatic carbocycles. The zero-order chi connectivity index (χ0) is 20.5. The summed E-state index contributed by atoms with van der Waals surface area (Å²) < 4.78 is 27.3. The van der Waals surface area contributed by atoms with Gasteiger partial charge in [0.25, 0.3) is 5.69 Å². The van der Waals surface area contributed by atoms with Crippen molar-refractivity contribution < 1.29 is 13.3 Å². The first-order valence-corrected chi connectivity index (χ1v) is 11.5. The van der Waals surface area contributed by atoms with E-state index in [9.17, 15) is 18.5 Å². The Morgan fingerprint density at radius 2 is 1.96 bits per heavy atom. The Morgan fingerprint density at radius 1 is 1.29 bits per heavy atom. The molecule has 2 aromatic rings. The molecule has 1 aliphatic rings. The Labute approximate surface area is 172 Å². The summed E-state index contributed by atoms with van der Waals surface area (Å²) in [7, 11) is -3.85. The fourth-order valence-corrected chi connectivity index (χ4v) is 5.55. The van der Waals surface area contributed by atoms with Gasteiger partial charge in [-0.15, -0.1) is 11.3 Å². The van der Waals surface area contributed by atoms with Crippen LogP contribution in [-0.2, 0) is 23.0 Å². The molecule has 1 aliphatic heterocycles. The van der Waals surface area contributed by atoms with Crippen molar-refractivity contribution in [2.75, 3.05) is 26.2 Å². The molecule has 0 atom stereocenters. The van der Waals surface area contributed by atoms with Crippen molar-refractivity contribution in [3.63, 3.8) is 0 Å². The first kappa shape index (κ1) is 21.1. The van der Waals surface area contributed by atoms with Gasteiger partial charge in [-0.1, -0.05) is 18.5 Å². The summed E-state index contributed by atoms with van der Waals surface area (Å²) in [5.74, 6) is 0. The third-order valence-corrected chi connectivity index (χ3v) is 8.05. The van der Waals surface area contributed by atoms with Crippen LogP contribution in [0.25, 0.3) is 0 Å². The zero-order valence-electron chi connectivity index (χ0n) is 15.6. The summed E-state index contributed by atoms with van der Waals surface area (Å²) in [5.41, 5.74) is 0.962. The van der Waals surface area contributed by atoms with Crippen molar-refractivity contribution in [3.8, 4) is 0 Å². The van der Waals surface area contributed by atoms with Crippen LogP contribution in [0.15, 0.2) is 22.4 Å². The van der Waals surface area contributed by atoms with Crippen LogP contribution in [0.2, 0.25) is 5.02 Å². The summed E-state index contributed by atoms with van der Waals surface area (Å²) in [5, 5.41) is 14.4. The number of piperazine rings is 1. The largest absolute Gasteiger partial charge is 0.295 e. The van der Waals surface area contributed by atoms with Gasteiger partial charge in [-0.25, -0.2) is 13.4 Å². The lowest BCUT2D eigenvalue weighted by Gasteiger charge is -2.33. The van der Waals surface area contributed by atoms with Crippen LogP contribution in [0, 0.1) is 17.0 Å². The van der Waals surface area contributed by atoms with Crippen molar-refractivity contribution in [1.82, 2.24) is 14.2 Å². The minimum atomic E-state index is -3.85. The van der Waals surface area contributed by atoms with E-state index in [0.717, 1.165) is 23.2 Å². The molecule has 1 fully saturated rings. The summed E-state index contributed by atoms with van der Waals surface area (Å²) in [6.45, 7) is 6.01. The van der Waals surface area contributed by atoms with Gasteiger partial charge in [0.1, 0.15) is 0 Å². The molecule has 0 spiro atoms. The standard InChI is InChI=1S/C17H21ClN4O4S2/c1-3-17-19-13(11-27-17)10-20-4-6-21(7-5-20)28(25,26)14-8-15(18)12(2)16(9-14)22(23)24/h8-9,11H,3-7,10H2,1-2H3. The number of aryl methyl sites for hydroxylation is 1. The second kappa shape index (κ2) is 8.42. The topological polar surface area (TPSA) is 96.7 Å². The Kier molecular flexibility index (Phi) is 6.35. The number of hydrogen-bond donors (Lipinski definition) is 0. The molecule has 2 heterocycles. The third kappa shape index (κ3) is 4.36. The molecular weight excluding hydrogens is 424 g/mol. The fourth-order valence-electron chi connectivity index (χ4n) is 3.07. The van der Waals surface area contributed by atoms with Gasteiger partial charge in [-0.2, -0.15) is 4.31 Å². The number of rotatable bonds is 6. The monoisotopic (exact) mass is 444 g/mol. The maximum atomic E-state index is 12.9. The summed E-state index contributed by atoms with van der Waals surface area (Å²) in [4.78, 5) is 17.1. The highest BCUT2D eigenvalue weighted by Gasteiger charge is 2.31.